The van der Waals surface area contributed by atoms with Gasteiger partial charge >= 0.3 is 12.1 Å². The molecule has 2 rings (SSSR count). The Balaban J connectivity index is 2.32. The molecule has 1 heterocycles. The second-order valence-electron chi connectivity index (χ2n) is 8.26. The average Bonchev–Trinajstić information content (AvgIpc) is 2.62. The monoisotopic (exact) mass is 403 g/mol. The van der Waals surface area contributed by atoms with Gasteiger partial charge in [-0.1, -0.05) is 19.1 Å². The first-order valence-corrected chi connectivity index (χ1v) is 9.54. The van der Waals surface area contributed by atoms with Crippen LogP contribution in [0.2, 0.25) is 0 Å². The van der Waals surface area contributed by atoms with Gasteiger partial charge in [0.25, 0.3) is 0 Å². The number of guanidine groups is 1. The van der Waals surface area contributed by atoms with Gasteiger partial charge in [-0.15, -0.1) is 0 Å². The van der Waals surface area contributed by atoms with E-state index in [2.05, 4.69) is 10.3 Å². The van der Waals surface area contributed by atoms with E-state index in [0.29, 0.717) is 17.5 Å². The standard InChI is InChI=1S/C21H29N3O5/c1-7-21(5)12-16(25)24(18(23-21)22-19(27)29-20(2,3)4)13-14-9-8-10-15(11-14)17(26)28-6/h8-11H,7,12-13H2,1-6H3,(H,22,23,27). The number of hydrogen-bond acceptors (Lipinski definition) is 6. The highest BCUT2D eigenvalue weighted by Gasteiger charge is 2.37. The highest BCUT2D eigenvalue weighted by molar-refractivity contribution is 6.05. The second kappa shape index (κ2) is 8.63. The van der Waals surface area contributed by atoms with Crippen LogP contribution in [-0.4, -0.2) is 47.1 Å². The molecule has 0 fully saturated rings. The van der Waals surface area contributed by atoms with Crippen molar-refractivity contribution in [1.82, 2.24) is 10.2 Å². The molecule has 29 heavy (non-hydrogen) atoms. The number of aliphatic imine (C=N–C) groups is 1. The van der Waals surface area contributed by atoms with E-state index >= 15 is 0 Å². The quantitative estimate of drug-likeness (QED) is 0.778. The minimum atomic E-state index is -0.683. The summed E-state index contributed by atoms with van der Waals surface area (Å²) in [6, 6.07) is 6.79. The first kappa shape index (κ1) is 22.4. The van der Waals surface area contributed by atoms with Gasteiger partial charge in [-0.2, -0.15) is 0 Å². The van der Waals surface area contributed by atoms with E-state index in [4.69, 9.17) is 9.47 Å². The number of methoxy groups -OCH3 is 1. The van der Waals surface area contributed by atoms with Crippen LogP contribution in [0, 0.1) is 0 Å². The van der Waals surface area contributed by atoms with E-state index in [0.717, 1.165) is 0 Å². The fourth-order valence-corrected chi connectivity index (χ4v) is 2.85. The Bertz CT molecular complexity index is 828. The molecule has 1 atom stereocenters. The third-order valence-corrected chi connectivity index (χ3v) is 4.53. The van der Waals surface area contributed by atoms with E-state index in [9.17, 15) is 14.4 Å². The van der Waals surface area contributed by atoms with Crippen molar-refractivity contribution in [3.8, 4) is 0 Å². The van der Waals surface area contributed by atoms with Crippen LogP contribution in [0.4, 0.5) is 4.79 Å². The first-order chi connectivity index (χ1) is 13.5. The Labute approximate surface area is 171 Å². The Kier molecular flexibility index (Phi) is 6.66. The molecule has 0 aromatic heterocycles. The van der Waals surface area contributed by atoms with Crippen LogP contribution >= 0.6 is 0 Å². The molecular weight excluding hydrogens is 374 g/mol. The van der Waals surface area contributed by atoms with Gasteiger partial charge in [0.05, 0.1) is 31.2 Å². The summed E-state index contributed by atoms with van der Waals surface area (Å²) in [6.07, 6.45) is 0.182. The molecule has 1 aliphatic heterocycles. The van der Waals surface area contributed by atoms with Crippen molar-refractivity contribution < 1.29 is 23.9 Å². The summed E-state index contributed by atoms with van der Waals surface area (Å²) < 4.78 is 10.1. The van der Waals surface area contributed by atoms with Crippen LogP contribution in [0.5, 0.6) is 0 Å². The van der Waals surface area contributed by atoms with Crippen molar-refractivity contribution in [3.05, 3.63) is 35.4 Å². The topological polar surface area (TPSA) is 97.3 Å². The summed E-state index contributed by atoms with van der Waals surface area (Å²) in [5.74, 6) is -0.488. The van der Waals surface area contributed by atoms with Gasteiger partial charge in [0.15, 0.2) is 0 Å². The average molecular weight is 403 g/mol. The van der Waals surface area contributed by atoms with Crippen molar-refractivity contribution in [3.63, 3.8) is 0 Å². The third kappa shape index (κ3) is 6.04. The predicted octanol–water partition coefficient (Wildman–Crippen LogP) is 3.25. The van der Waals surface area contributed by atoms with Crippen LogP contribution in [0.3, 0.4) is 0 Å². The van der Waals surface area contributed by atoms with Crippen molar-refractivity contribution in [2.75, 3.05) is 7.11 Å². The molecule has 1 aromatic carbocycles. The maximum atomic E-state index is 12.9. The van der Waals surface area contributed by atoms with E-state index in [1.54, 1.807) is 45.0 Å². The van der Waals surface area contributed by atoms with Crippen molar-refractivity contribution in [2.24, 2.45) is 4.99 Å². The van der Waals surface area contributed by atoms with Crippen molar-refractivity contribution >= 4 is 23.9 Å². The Morgan fingerprint density at radius 1 is 1.31 bits per heavy atom. The smallest absolute Gasteiger partial charge is 0.414 e. The second-order valence-corrected chi connectivity index (χ2v) is 8.26. The molecule has 0 saturated heterocycles. The molecule has 158 valence electrons. The molecule has 0 radical (unpaired) electrons. The number of rotatable bonds is 4. The largest absolute Gasteiger partial charge is 0.465 e. The Morgan fingerprint density at radius 2 is 2.00 bits per heavy atom. The van der Waals surface area contributed by atoms with E-state index in [1.807, 2.05) is 13.8 Å². The predicted molar refractivity (Wildman–Crippen MR) is 108 cm³/mol. The molecule has 0 saturated carbocycles. The van der Waals surface area contributed by atoms with Gasteiger partial charge in [-0.25, -0.2) is 14.6 Å². The van der Waals surface area contributed by atoms with Crippen LogP contribution in [0.25, 0.3) is 0 Å². The van der Waals surface area contributed by atoms with Gasteiger partial charge in [0.1, 0.15) is 5.60 Å². The summed E-state index contributed by atoms with van der Waals surface area (Å²) in [4.78, 5) is 43.0. The number of carbonyl (C=O) groups excluding carboxylic acids is 3. The number of nitrogens with zero attached hydrogens (tertiary/aromatic N) is 2. The van der Waals surface area contributed by atoms with Crippen LogP contribution in [0.1, 0.15) is 63.4 Å². The molecule has 1 N–H and O–H groups in total. The maximum Gasteiger partial charge on any atom is 0.414 e. The molecule has 0 aliphatic carbocycles. The Morgan fingerprint density at radius 3 is 2.59 bits per heavy atom. The molecule has 8 heteroatoms. The first-order valence-electron chi connectivity index (χ1n) is 9.54. The molecule has 1 unspecified atom stereocenters. The number of ether oxygens (including phenoxy) is 2. The SMILES string of the molecule is CCC1(C)CC(=O)N(Cc2cccc(C(=O)OC)c2)C(NC(=O)OC(C)(C)C)=N1. The minimum absolute atomic E-state index is 0.142. The van der Waals surface area contributed by atoms with Gasteiger partial charge in [0, 0.05) is 0 Å². The minimum Gasteiger partial charge on any atom is -0.465 e. The molecule has 1 aliphatic rings. The molecular formula is C21H29N3O5. The number of nitrogens with one attached hydrogen (secondary N) is 1. The number of alkyl carbamates (subject to hydrolysis) is 1. The lowest BCUT2D eigenvalue weighted by Gasteiger charge is -2.36. The van der Waals surface area contributed by atoms with Crippen LogP contribution < -0.4 is 5.32 Å². The fourth-order valence-electron chi connectivity index (χ4n) is 2.85. The lowest BCUT2D eigenvalue weighted by Crippen LogP contribution is -2.54. The number of hydrogen-bond donors (Lipinski definition) is 1. The van der Waals surface area contributed by atoms with Crippen molar-refractivity contribution in [2.45, 2.75) is 65.1 Å². The number of benzene rings is 1. The van der Waals surface area contributed by atoms with Crippen LogP contribution in [-0.2, 0) is 20.8 Å². The zero-order valence-electron chi connectivity index (χ0n) is 17.9. The van der Waals surface area contributed by atoms with Crippen LogP contribution in [0.15, 0.2) is 29.3 Å². The van der Waals surface area contributed by atoms with Gasteiger partial charge in [0.2, 0.25) is 11.9 Å². The highest BCUT2D eigenvalue weighted by Crippen LogP contribution is 2.27. The summed E-state index contributed by atoms with van der Waals surface area (Å²) >= 11 is 0. The summed E-state index contributed by atoms with van der Waals surface area (Å²) in [5.41, 5.74) is -0.200. The van der Waals surface area contributed by atoms with Crippen molar-refractivity contribution in [1.29, 1.82) is 0 Å². The summed E-state index contributed by atoms with van der Waals surface area (Å²) in [7, 11) is 1.31. The molecule has 1 aromatic rings. The molecule has 2 amide bonds. The molecule has 0 spiro atoms. The lowest BCUT2D eigenvalue weighted by atomic mass is 9.93. The van der Waals surface area contributed by atoms with E-state index in [-0.39, 0.29) is 24.8 Å². The Hall–Kier alpha value is -2.90. The maximum absolute atomic E-state index is 12.9. The van der Waals surface area contributed by atoms with E-state index < -0.39 is 23.2 Å². The summed E-state index contributed by atoms with van der Waals surface area (Å²) in [5, 5.41) is 2.62. The summed E-state index contributed by atoms with van der Waals surface area (Å²) in [6.45, 7) is 9.23. The highest BCUT2D eigenvalue weighted by atomic mass is 16.6. The molecule has 8 nitrogen and oxygen atoms in total. The van der Waals surface area contributed by atoms with E-state index in [1.165, 1.54) is 12.0 Å². The zero-order chi connectivity index (χ0) is 21.8. The third-order valence-electron chi connectivity index (χ3n) is 4.53. The fraction of sp³-hybridized carbons (Fsp3) is 0.524. The van der Waals surface area contributed by atoms with Gasteiger partial charge in [-0.3, -0.25) is 15.0 Å². The number of esters is 1. The lowest BCUT2D eigenvalue weighted by molar-refractivity contribution is -0.130. The molecule has 0 bridgehead atoms. The number of carbonyl (C=O) groups is 3. The zero-order valence-corrected chi connectivity index (χ0v) is 17.9. The van der Waals surface area contributed by atoms with Gasteiger partial charge in [-0.05, 0) is 51.8 Å². The normalized spacial score (nSPS) is 19.4. The number of amides is 2. The van der Waals surface area contributed by atoms with Gasteiger partial charge < -0.3 is 9.47 Å².